The number of rotatable bonds is 5. The van der Waals surface area contributed by atoms with Crippen LogP contribution in [-0.2, 0) is 18.4 Å². The van der Waals surface area contributed by atoms with Gasteiger partial charge >= 0.3 is 0 Å². The van der Waals surface area contributed by atoms with E-state index in [9.17, 15) is 4.79 Å². The van der Waals surface area contributed by atoms with E-state index in [0.29, 0.717) is 12.4 Å². The highest BCUT2D eigenvalue weighted by atomic mass is 16.5. The molecule has 0 saturated carbocycles. The Labute approximate surface area is 152 Å². The third kappa shape index (κ3) is 3.69. The molecule has 134 valence electrons. The number of aromatic nitrogens is 2. The molecule has 6 heteroatoms. The monoisotopic (exact) mass is 350 g/mol. The smallest absolute Gasteiger partial charge is 0.246 e. The second-order valence-corrected chi connectivity index (χ2v) is 6.16. The Balaban J connectivity index is 1.73. The van der Waals surface area contributed by atoms with E-state index in [1.54, 1.807) is 43.5 Å². The molecule has 0 fully saturated rings. The highest BCUT2D eigenvalue weighted by Crippen LogP contribution is 2.24. The lowest BCUT2D eigenvalue weighted by Gasteiger charge is -2.15. The second kappa shape index (κ2) is 7.31. The van der Waals surface area contributed by atoms with Crippen LogP contribution in [0.25, 0.3) is 17.0 Å². The zero-order valence-electron chi connectivity index (χ0n) is 15.1. The Morgan fingerprint density at radius 1 is 1.31 bits per heavy atom. The Bertz CT molecular complexity index is 958. The van der Waals surface area contributed by atoms with Crippen LogP contribution in [0.2, 0.25) is 0 Å². The van der Waals surface area contributed by atoms with Crippen molar-refractivity contribution in [1.29, 1.82) is 0 Å². The van der Waals surface area contributed by atoms with Gasteiger partial charge in [-0.1, -0.05) is 0 Å². The van der Waals surface area contributed by atoms with Crippen molar-refractivity contribution in [2.24, 2.45) is 7.05 Å². The quantitative estimate of drug-likeness (QED) is 0.718. The topological polar surface area (TPSA) is 73.4 Å². The first-order valence-electron chi connectivity index (χ1n) is 8.25. The highest BCUT2D eigenvalue weighted by Gasteiger charge is 2.11. The standard InChI is InChI=1S/C20H22N4O2/c1-23(20(25)9-5-14-4-8-19(21)22-12-14)13-16-10-15-6-7-17(26-3)11-18(15)24(16)2/h4-12H,13H2,1-3H3,(H2,21,22)/b9-5+. The molecule has 0 aliphatic heterocycles. The van der Waals surface area contributed by atoms with Crippen LogP contribution in [-0.4, -0.2) is 34.5 Å². The maximum Gasteiger partial charge on any atom is 0.246 e. The summed E-state index contributed by atoms with van der Waals surface area (Å²) in [6.07, 6.45) is 4.91. The summed E-state index contributed by atoms with van der Waals surface area (Å²) in [5.74, 6) is 1.19. The summed E-state index contributed by atoms with van der Waals surface area (Å²) >= 11 is 0. The summed E-state index contributed by atoms with van der Waals surface area (Å²) in [6, 6.07) is 11.6. The number of nitrogens with two attached hydrogens (primary N) is 1. The molecule has 3 rings (SSSR count). The zero-order chi connectivity index (χ0) is 18.7. The fourth-order valence-electron chi connectivity index (χ4n) is 2.78. The molecule has 2 N–H and O–H groups in total. The lowest BCUT2D eigenvalue weighted by atomic mass is 10.2. The molecule has 26 heavy (non-hydrogen) atoms. The van der Waals surface area contributed by atoms with Crippen molar-refractivity contribution in [3.8, 4) is 5.75 Å². The lowest BCUT2D eigenvalue weighted by molar-refractivity contribution is -0.125. The van der Waals surface area contributed by atoms with Gasteiger partial charge in [0.15, 0.2) is 0 Å². The van der Waals surface area contributed by atoms with E-state index < -0.39 is 0 Å². The number of pyridine rings is 1. The fraction of sp³-hybridized carbons (Fsp3) is 0.200. The van der Waals surface area contributed by atoms with E-state index in [4.69, 9.17) is 10.5 Å². The maximum atomic E-state index is 12.4. The molecule has 0 unspecified atom stereocenters. The molecule has 1 aromatic carbocycles. The molecule has 0 bridgehead atoms. The van der Waals surface area contributed by atoms with Crippen molar-refractivity contribution in [2.75, 3.05) is 19.9 Å². The molecule has 0 spiro atoms. The van der Waals surface area contributed by atoms with Crippen molar-refractivity contribution in [1.82, 2.24) is 14.5 Å². The van der Waals surface area contributed by atoms with Gasteiger partial charge in [-0.3, -0.25) is 4.79 Å². The molecule has 2 aromatic heterocycles. The Morgan fingerprint density at radius 3 is 2.81 bits per heavy atom. The van der Waals surface area contributed by atoms with Crippen LogP contribution in [0.5, 0.6) is 5.75 Å². The predicted molar refractivity (Wildman–Crippen MR) is 104 cm³/mol. The summed E-state index contributed by atoms with van der Waals surface area (Å²) in [4.78, 5) is 18.1. The van der Waals surface area contributed by atoms with Crippen LogP contribution in [0.4, 0.5) is 5.82 Å². The van der Waals surface area contributed by atoms with E-state index in [0.717, 1.165) is 27.9 Å². The summed E-state index contributed by atoms with van der Waals surface area (Å²) in [7, 11) is 5.43. The van der Waals surface area contributed by atoms with Gasteiger partial charge < -0.3 is 19.9 Å². The number of carbonyl (C=O) groups is 1. The number of benzene rings is 1. The SMILES string of the molecule is COc1ccc2cc(CN(C)C(=O)/C=C/c3ccc(N)nc3)n(C)c2c1. The summed E-state index contributed by atoms with van der Waals surface area (Å²) in [6.45, 7) is 0.511. The normalized spacial score (nSPS) is 11.2. The number of aryl methyl sites for hydroxylation is 1. The van der Waals surface area contributed by atoms with E-state index in [1.165, 1.54) is 0 Å². The zero-order valence-corrected chi connectivity index (χ0v) is 15.1. The van der Waals surface area contributed by atoms with Crippen molar-refractivity contribution >= 4 is 28.7 Å². The molecule has 6 nitrogen and oxygen atoms in total. The molecular weight excluding hydrogens is 328 g/mol. The molecule has 1 amide bonds. The number of anilines is 1. The highest BCUT2D eigenvalue weighted by molar-refractivity contribution is 5.91. The van der Waals surface area contributed by atoms with Crippen LogP contribution < -0.4 is 10.5 Å². The maximum absolute atomic E-state index is 12.4. The van der Waals surface area contributed by atoms with Gasteiger partial charge in [0.05, 0.1) is 19.2 Å². The van der Waals surface area contributed by atoms with Crippen LogP contribution in [0.3, 0.4) is 0 Å². The minimum Gasteiger partial charge on any atom is -0.497 e. The van der Waals surface area contributed by atoms with E-state index >= 15 is 0 Å². The minimum absolute atomic E-state index is 0.0790. The first-order chi connectivity index (χ1) is 12.5. The third-order valence-electron chi connectivity index (χ3n) is 4.35. The number of carbonyl (C=O) groups excluding carboxylic acids is 1. The van der Waals surface area contributed by atoms with Crippen LogP contribution >= 0.6 is 0 Å². The number of fused-ring (bicyclic) bond motifs is 1. The van der Waals surface area contributed by atoms with E-state index in [2.05, 4.69) is 15.6 Å². The van der Waals surface area contributed by atoms with Gasteiger partial charge in [-0.15, -0.1) is 0 Å². The van der Waals surface area contributed by atoms with E-state index in [-0.39, 0.29) is 5.91 Å². The van der Waals surface area contributed by atoms with Gasteiger partial charge in [-0.05, 0) is 42.0 Å². The number of likely N-dealkylation sites (N-methyl/N-ethyl adjacent to an activating group) is 1. The number of nitrogen functional groups attached to an aromatic ring is 1. The van der Waals surface area contributed by atoms with Gasteiger partial charge in [0, 0.05) is 43.5 Å². The second-order valence-electron chi connectivity index (χ2n) is 6.16. The molecule has 0 aliphatic rings. The molecule has 0 radical (unpaired) electrons. The van der Waals surface area contributed by atoms with Crippen molar-refractivity contribution in [3.05, 3.63) is 59.9 Å². The van der Waals surface area contributed by atoms with Crippen molar-refractivity contribution in [3.63, 3.8) is 0 Å². The van der Waals surface area contributed by atoms with Gasteiger partial charge in [0.25, 0.3) is 0 Å². The van der Waals surface area contributed by atoms with Gasteiger partial charge in [-0.2, -0.15) is 0 Å². The largest absolute Gasteiger partial charge is 0.497 e. The molecule has 2 heterocycles. The summed E-state index contributed by atoms with van der Waals surface area (Å²) in [5, 5.41) is 1.12. The average molecular weight is 350 g/mol. The fourth-order valence-corrected chi connectivity index (χ4v) is 2.78. The van der Waals surface area contributed by atoms with Crippen LogP contribution in [0.15, 0.2) is 48.7 Å². The van der Waals surface area contributed by atoms with Crippen LogP contribution in [0.1, 0.15) is 11.3 Å². The number of methoxy groups -OCH3 is 1. The van der Waals surface area contributed by atoms with Gasteiger partial charge in [0.1, 0.15) is 11.6 Å². The van der Waals surface area contributed by atoms with E-state index in [1.807, 2.05) is 31.3 Å². The lowest BCUT2D eigenvalue weighted by Crippen LogP contribution is -2.25. The molecule has 0 aliphatic carbocycles. The Hall–Kier alpha value is -3.28. The number of nitrogens with zero attached hydrogens (tertiary/aromatic N) is 3. The minimum atomic E-state index is -0.0790. The number of hydrogen-bond donors (Lipinski definition) is 1. The molecule has 0 saturated heterocycles. The molecule has 0 atom stereocenters. The molecule has 3 aromatic rings. The van der Waals surface area contributed by atoms with Crippen LogP contribution in [0, 0.1) is 0 Å². The van der Waals surface area contributed by atoms with Gasteiger partial charge in [0.2, 0.25) is 5.91 Å². The number of hydrogen-bond acceptors (Lipinski definition) is 4. The first-order valence-corrected chi connectivity index (χ1v) is 8.25. The first kappa shape index (κ1) is 17.5. The predicted octanol–water partition coefficient (Wildman–Crippen LogP) is 2.84. The van der Waals surface area contributed by atoms with Crippen molar-refractivity contribution in [2.45, 2.75) is 6.54 Å². The Morgan fingerprint density at radius 2 is 2.12 bits per heavy atom. The third-order valence-corrected chi connectivity index (χ3v) is 4.35. The Kier molecular flexibility index (Phi) is 4.93. The summed E-state index contributed by atoms with van der Waals surface area (Å²) < 4.78 is 7.37. The average Bonchev–Trinajstić information content (AvgIpc) is 2.96. The number of amides is 1. The summed E-state index contributed by atoms with van der Waals surface area (Å²) in [5.41, 5.74) is 8.51. The van der Waals surface area contributed by atoms with Gasteiger partial charge in [-0.25, -0.2) is 4.98 Å². The molecular formula is C20H22N4O2. The van der Waals surface area contributed by atoms with Crippen molar-refractivity contribution < 1.29 is 9.53 Å². The number of ether oxygens (including phenoxy) is 1.